The van der Waals surface area contributed by atoms with E-state index in [1.54, 1.807) is 6.07 Å². The molecule has 0 atom stereocenters. The Morgan fingerprint density at radius 1 is 1.06 bits per heavy atom. The van der Waals surface area contributed by atoms with Gasteiger partial charge in [-0.3, -0.25) is 4.79 Å². The molecule has 0 aliphatic rings. The van der Waals surface area contributed by atoms with Crippen LogP contribution in [0.5, 0.6) is 0 Å². The minimum absolute atomic E-state index is 0.249. The van der Waals surface area contributed by atoms with Gasteiger partial charge in [0.1, 0.15) is 5.82 Å². The molecule has 0 radical (unpaired) electrons. The number of aromatic nitrogens is 2. The lowest BCUT2D eigenvalue weighted by Gasteiger charge is -2.17. The van der Waals surface area contributed by atoms with Crippen molar-refractivity contribution >= 4 is 16.9 Å². The van der Waals surface area contributed by atoms with Crippen molar-refractivity contribution in [2.75, 3.05) is 18.0 Å². The summed E-state index contributed by atoms with van der Waals surface area (Å²) in [6.07, 6.45) is 0. The lowest BCUT2D eigenvalue weighted by atomic mass is 10.3. The van der Waals surface area contributed by atoms with E-state index in [4.69, 9.17) is 0 Å². The van der Waals surface area contributed by atoms with E-state index in [0.717, 1.165) is 18.6 Å². The largest absolute Gasteiger partial charge is 0.357 e. The Bertz CT molecular complexity index is 579. The van der Waals surface area contributed by atoms with E-state index in [9.17, 15) is 4.79 Å². The zero-order valence-corrected chi connectivity index (χ0v) is 10.1. The SMILES string of the molecule is CCN(CC)c1cc(=O)nc2ccccc2n1. The van der Waals surface area contributed by atoms with Gasteiger partial charge in [0.2, 0.25) is 0 Å². The van der Waals surface area contributed by atoms with Crippen LogP contribution in [0.3, 0.4) is 0 Å². The Morgan fingerprint density at radius 3 is 2.24 bits per heavy atom. The molecule has 0 amide bonds. The number of benzene rings is 1. The highest BCUT2D eigenvalue weighted by Gasteiger charge is 2.05. The molecule has 17 heavy (non-hydrogen) atoms. The molecule has 4 heteroatoms. The van der Waals surface area contributed by atoms with E-state index in [1.807, 2.05) is 36.9 Å². The summed E-state index contributed by atoms with van der Waals surface area (Å²) in [4.78, 5) is 22.2. The fourth-order valence-electron chi connectivity index (χ4n) is 1.78. The van der Waals surface area contributed by atoms with Crippen LogP contribution in [0.4, 0.5) is 5.82 Å². The molecule has 0 bridgehead atoms. The molecular formula is C13H15N3O. The maximum Gasteiger partial charge on any atom is 0.274 e. The molecule has 0 N–H and O–H groups in total. The normalized spacial score (nSPS) is 10.5. The fraction of sp³-hybridized carbons (Fsp3) is 0.308. The molecule has 0 spiro atoms. The second-order valence-corrected chi connectivity index (χ2v) is 3.73. The summed E-state index contributed by atoms with van der Waals surface area (Å²) >= 11 is 0. The molecule has 4 nitrogen and oxygen atoms in total. The maximum absolute atomic E-state index is 11.7. The highest BCUT2D eigenvalue weighted by molar-refractivity contribution is 5.74. The van der Waals surface area contributed by atoms with Crippen LogP contribution < -0.4 is 10.5 Å². The quantitative estimate of drug-likeness (QED) is 0.805. The molecule has 0 saturated heterocycles. The smallest absolute Gasteiger partial charge is 0.274 e. The zero-order chi connectivity index (χ0) is 12.3. The van der Waals surface area contributed by atoms with Gasteiger partial charge in [0, 0.05) is 19.2 Å². The third-order valence-corrected chi connectivity index (χ3v) is 2.69. The highest BCUT2D eigenvalue weighted by atomic mass is 16.1. The van der Waals surface area contributed by atoms with Crippen molar-refractivity contribution in [1.82, 2.24) is 9.97 Å². The summed E-state index contributed by atoms with van der Waals surface area (Å²) in [6.45, 7) is 5.72. The van der Waals surface area contributed by atoms with Crippen LogP contribution >= 0.6 is 0 Å². The summed E-state index contributed by atoms with van der Waals surface area (Å²) in [5.41, 5.74) is 1.13. The molecule has 0 fully saturated rings. The Kier molecular flexibility index (Phi) is 3.32. The van der Waals surface area contributed by atoms with Crippen LogP contribution in [-0.4, -0.2) is 23.1 Å². The molecule has 0 aliphatic carbocycles. The minimum atomic E-state index is -0.249. The van der Waals surface area contributed by atoms with Crippen LogP contribution in [0.2, 0.25) is 0 Å². The lowest BCUT2D eigenvalue weighted by molar-refractivity contribution is 0.850. The third kappa shape index (κ3) is 2.41. The number of para-hydroxylation sites is 2. The first-order chi connectivity index (χ1) is 8.24. The average Bonchev–Trinajstić information content (AvgIpc) is 2.48. The van der Waals surface area contributed by atoms with Crippen molar-refractivity contribution in [3.8, 4) is 0 Å². The Balaban J connectivity index is 2.70. The van der Waals surface area contributed by atoms with Gasteiger partial charge in [0.15, 0.2) is 0 Å². The van der Waals surface area contributed by atoms with E-state index in [1.165, 1.54) is 6.07 Å². The molecule has 0 aliphatic heterocycles. The van der Waals surface area contributed by atoms with E-state index in [0.29, 0.717) is 11.3 Å². The second-order valence-electron chi connectivity index (χ2n) is 3.73. The van der Waals surface area contributed by atoms with Crippen molar-refractivity contribution < 1.29 is 0 Å². The summed E-state index contributed by atoms with van der Waals surface area (Å²) < 4.78 is 0. The first-order valence-corrected chi connectivity index (χ1v) is 5.77. The number of rotatable bonds is 3. The summed E-state index contributed by atoms with van der Waals surface area (Å²) in [5.74, 6) is 0.689. The molecule has 0 unspecified atom stereocenters. The van der Waals surface area contributed by atoms with Gasteiger partial charge in [-0.05, 0) is 26.0 Å². The van der Waals surface area contributed by atoms with E-state index < -0.39 is 0 Å². The number of fused-ring (bicyclic) bond motifs is 1. The standard InChI is InChI=1S/C13H15N3O/c1-3-16(4-2)12-9-13(17)15-11-8-6-5-7-10(11)14-12/h5-9H,3-4H2,1-2H3. The number of hydrogen-bond donors (Lipinski definition) is 0. The second kappa shape index (κ2) is 4.91. The van der Waals surface area contributed by atoms with Gasteiger partial charge in [-0.15, -0.1) is 0 Å². The molecule has 88 valence electrons. The van der Waals surface area contributed by atoms with Gasteiger partial charge in [0.05, 0.1) is 11.0 Å². The molecule has 2 rings (SSSR count). The van der Waals surface area contributed by atoms with Crippen molar-refractivity contribution in [2.24, 2.45) is 0 Å². The summed E-state index contributed by atoms with van der Waals surface area (Å²) in [5, 5.41) is 0. The summed E-state index contributed by atoms with van der Waals surface area (Å²) in [7, 11) is 0. The summed E-state index contributed by atoms with van der Waals surface area (Å²) in [6, 6.07) is 8.92. The number of nitrogens with zero attached hydrogens (tertiary/aromatic N) is 3. The van der Waals surface area contributed by atoms with Gasteiger partial charge in [-0.1, -0.05) is 12.1 Å². The van der Waals surface area contributed by atoms with Gasteiger partial charge in [-0.2, -0.15) is 0 Å². The Labute approximate surface area is 99.9 Å². The van der Waals surface area contributed by atoms with Crippen molar-refractivity contribution in [2.45, 2.75) is 13.8 Å². The third-order valence-electron chi connectivity index (χ3n) is 2.69. The molecule has 2 aromatic rings. The van der Waals surface area contributed by atoms with Crippen LogP contribution in [0.25, 0.3) is 11.0 Å². The van der Waals surface area contributed by atoms with Crippen molar-refractivity contribution in [1.29, 1.82) is 0 Å². The highest BCUT2D eigenvalue weighted by Crippen LogP contribution is 2.11. The van der Waals surface area contributed by atoms with Gasteiger partial charge in [0.25, 0.3) is 5.56 Å². The minimum Gasteiger partial charge on any atom is -0.357 e. The van der Waals surface area contributed by atoms with Crippen LogP contribution in [0, 0.1) is 0 Å². The first kappa shape index (κ1) is 11.5. The van der Waals surface area contributed by atoms with E-state index in [2.05, 4.69) is 9.97 Å². The molecule has 1 aromatic heterocycles. The topological polar surface area (TPSA) is 46.1 Å². The van der Waals surface area contributed by atoms with Crippen LogP contribution in [0.15, 0.2) is 35.1 Å². The van der Waals surface area contributed by atoms with Gasteiger partial charge < -0.3 is 4.90 Å². The monoisotopic (exact) mass is 229 g/mol. The maximum atomic E-state index is 11.7. The first-order valence-electron chi connectivity index (χ1n) is 5.77. The van der Waals surface area contributed by atoms with E-state index >= 15 is 0 Å². The van der Waals surface area contributed by atoms with Crippen LogP contribution in [-0.2, 0) is 0 Å². The molecular weight excluding hydrogens is 214 g/mol. The number of hydrogen-bond acceptors (Lipinski definition) is 4. The van der Waals surface area contributed by atoms with Crippen molar-refractivity contribution in [3.05, 3.63) is 40.7 Å². The van der Waals surface area contributed by atoms with Crippen LogP contribution in [0.1, 0.15) is 13.8 Å². The Morgan fingerprint density at radius 2 is 1.65 bits per heavy atom. The van der Waals surface area contributed by atoms with E-state index in [-0.39, 0.29) is 5.56 Å². The van der Waals surface area contributed by atoms with Crippen molar-refractivity contribution in [3.63, 3.8) is 0 Å². The number of anilines is 1. The molecule has 0 saturated carbocycles. The lowest BCUT2D eigenvalue weighted by Crippen LogP contribution is -2.23. The predicted molar refractivity (Wildman–Crippen MR) is 69.4 cm³/mol. The predicted octanol–water partition coefficient (Wildman–Crippen LogP) is 1.84. The van der Waals surface area contributed by atoms with Gasteiger partial charge >= 0.3 is 0 Å². The van der Waals surface area contributed by atoms with Gasteiger partial charge in [-0.25, -0.2) is 9.97 Å². The average molecular weight is 229 g/mol. The molecule has 1 aromatic carbocycles. The zero-order valence-electron chi connectivity index (χ0n) is 10.1. The molecule has 1 heterocycles. The Hall–Kier alpha value is -1.97. The fourth-order valence-corrected chi connectivity index (χ4v) is 1.78.